The van der Waals surface area contributed by atoms with E-state index in [1.165, 1.54) is 6.07 Å². The monoisotopic (exact) mass is 330 g/mol. The van der Waals surface area contributed by atoms with Crippen LogP contribution in [0, 0.1) is 5.82 Å². The molecule has 0 aliphatic carbocycles. The molecule has 2 aromatic rings. The van der Waals surface area contributed by atoms with Gasteiger partial charge < -0.3 is 15.4 Å². The fraction of sp³-hybridized carbons (Fsp3) is 0.316. The van der Waals surface area contributed by atoms with Crippen LogP contribution >= 0.6 is 0 Å². The van der Waals surface area contributed by atoms with E-state index < -0.39 is 0 Å². The van der Waals surface area contributed by atoms with Crippen molar-refractivity contribution in [3.8, 4) is 5.75 Å². The van der Waals surface area contributed by atoms with Crippen molar-refractivity contribution >= 4 is 6.03 Å². The zero-order chi connectivity index (χ0) is 17.4. The number of amides is 2. The van der Waals surface area contributed by atoms with E-state index in [0.717, 1.165) is 11.3 Å². The Morgan fingerprint density at radius 3 is 2.75 bits per heavy atom. The average Bonchev–Trinajstić information content (AvgIpc) is 2.56. The predicted molar refractivity (Wildman–Crippen MR) is 92.8 cm³/mol. The summed E-state index contributed by atoms with van der Waals surface area (Å²) in [6.45, 7) is 2.33. The molecule has 0 saturated carbocycles. The van der Waals surface area contributed by atoms with Gasteiger partial charge in [0.1, 0.15) is 11.6 Å². The Balaban J connectivity index is 1.74. The number of nitrogens with one attached hydrogen (secondary N) is 2. The highest BCUT2D eigenvalue weighted by molar-refractivity contribution is 5.74. The second kappa shape index (κ2) is 8.91. The lowest BCUT2D eigenvalue weighted by molar-refractivity contribution is 0.238. The second-order valence-electron chi connectivity index (χ2n) is 5.70. The van der Waals surface area contributed by atoms with E-state index in [-0.39, 0.29) is 17.9 Å². The largest absolute Gasteiger partial charge is 0.497 e. The molecule has 4 nitrogen and oxygen atoms in total. The van der Waals surface area contributed by atoms with Crippen LogP contribution in [-0.4, -0.2) is 25.7 Å². The lowest BCUT2D eigenvalue weighted by atomic mass is 10.1. The van der Waals surface area contributed by atoms with Crippen LogP contribution in [-0.2, 0) is 12.8 Å². The molecule has 0 saturated heterocycles. The van der Waals surface area contributed by atoms with Gasteiger partial charge in [0.15, 0.2) is 0 Å². The first-order valence-corrected chi connectivity index (χ1v) is 7.99. The predicted octanol–water partition coefficient (Wildman–Crippen LogP) is 3.31. The lowest BCUT2D eigenvalue weighted by Crippen LogP contribution is -2.42. The molecule has 0 radical (unpaired) electrons. The summed E-state index contributed by atoms with van der Waals surface area (Å²) in [5.41, 5.74) is 1.69. The smallest absolute Gasteiger partial charge is 0.315 e. The summed E-state index contributed by atoms with van der Waals surface area (Å²) < 4.78 is 18.7. The Morgan fingerprint density at radius 1 is 1.21 bits per heavy atom. The molecular formula is C19H23FN2O2. The summed E-state index contributed by atoms with van der Waals surface area (Å²) in [7, 11) is 1.63. The fourth-order valence-electron chi connectivity index (χ4n) is 2.49. The topological polar surface area (TPSA) is 50.4 Å². The molecule has 1 atom stereocenters. The van der Waals surface area contributed by atoms with E-state index in [1.807, 2.05) is 31.2 Å². The van der Waals surface area contributed by atoms with Crippen LogP contribution < -0.4 is 15.4 Å². The van der Waals surface area contributed by atoms with Crippen LogP contribution in [0.25, 0.3) is 0 Å². The van der Waals surface area contributed by atoms with Crippen molar-refractivity contribution in [1.82, 2.24) is 10.6 Å². The standard InChI is InChI=1S/C19H23FN2O2/c1-14(12-15-6-5-8-17(13-15)24-2)22-19(23)21-11-10-16-7-3-4-9-18(16)20/h3-9,13-14H,10-12H2,1-2H3,(H2,21,22,23). The molecule has 5 heteroatoms. The molecular weight excluding hydrogens is 307 g/mol. The second-order valence-corrected chi connectivity index (χ2v) is 5.70. The SMILES string of the molecule is COc1cccc(CC(C)NC(=O)NCCc2ccccc2F)c1. The van der Waals surface area contributed by atoms with E-state index in [9.17, 15) is 9.18 Å². The summed E-state index contributed by atoms with van der Waals surface area (Å²) >= 11 is 0. The molecule has 2 N–H and O–H groups in total. The lowest BCUT2D eigenvalue weighted by Gasteiger charge is -2.15. The van der Waals surface area contributed by atoms with Crippen LogP contribution in [0.5, 0.6) is 5.75 Å². The van der Waals surface area contributed by atoms with Gasteiger partial charge in [0.25, 0.3) is 0 Å². The molecule has 0 aliphatic rings. The van der Waals surface area contributed by atoms with Crippen LogP contribution in [0.3, 0.4) is 0 Å². The summed E-state index contributed by atoms with van der Waals surface area (Å²) in [6.07, 6.45) is 1.17. The molecule has 0 spiro atoms. The summed E-state index contributed by atoms with van der Waals surface area (Å²) in [6, 6.07) is 14.1. The Bertz CT molecular complexity index is 676. The van der Waals surface area contributed by atoms with Crippen molar-refractivity contribution in [2.45, 2.75) is 25.8 Å². The van der Waals surface area contributed by atoms with Gasteiger partial charge in [-0.1, -0.05) is 30.3 Å². The number of rotatable bonds is 7. The molecule has 0 bridgehead atoms. The minimum atomic E-state index is -0.248. The summed E-state index contributed by atoms with van der Waals surface area (Å²) in [5.74, 6) is 0.556. The quantitative estimate of drug-likeness (QED) is 0.818. The van der Waals surface area contributed by atoms with Crippen molar-refractivity contribution in [2.75, 3.05) is 13.7 Å². The van der Waals surface area contributed by atoms with E-state index in [0.29, 0.717) is 24.9 Å². The number of ether oxygens (including phenoxy) is 1. The van der Waals surface area contributed by atoms with E-state index in [1.54, 1.807) is 25.3 Å². The Labute approximate surface area is 142 Å². The number of hydrogen-bond donors (Lipinski definition) is 2. The maximum Gasteiger partial charge on any atom is 0.315 e. The maximum absolute atomic E-state index is 13.5. The van der Waals surface area contributed by atoms with Gasteiger partial charge >= 0.3 is 6.03 Å². The first kappa shape index (κ1) is 17.8. The average molecular weight is 330 g/mol. The number of benzene rings is 2. The van der Waals surface area contributed by atoms with Gasteiger partial charge in [-0.15, -0.1) is 0 Å². The molecule has 0 fully saturated rings. The van der Waals surface area contributed by atoms with Crippen molar-refractivity contribution in [3.05, 3.63) is 65.5 Å². The van der Waals surface area contributed by atoms with Gasteiger partial charge in [-0.3, -0.25) is 0 Å². The number of methoxy groups -OCH3 is 1. The minimum Gasteiger partial charge on any atom is -0.497 e. The first-order valence-electron chi connectivity index (χ1n) is 7.99. The van der Waals surface area contributed by atoms with Crippen molar-refractivity contribution in [2.24, 2.45) is 0 Å². The zero-order valence-electron chi connectivity index (χ0n) is 14.0. The van der Waals surface area contributed by atoms with Crippen LogP contribution in [0.15, 0.2) is 48.5 Å². The van der Waals surface area contributed by atoms with Crippen LogP contribution in [0.2, 0.25) is 0 Å². The molecule has 24 heavy (non-hydrogen) atoms. The zero-order valence-corrected chi connectivity index (χ0v) is 14.0. The minimum absolute atomic E-state index is 0.0226. The van der Waals surface area contributed by atoms with E-state index >= 15 is 0 Å². The Morgan fingerprint density at radius 2 is 2.00 bits per heavy atom. The van der Waals surface area contributed by atoms with E-state index in [4.69, 9.17) is 4.74 Å². The summed E-state index contributed by atoms with van der Waals surface area (Å²) in [4.78, 5) is 11.9. The number of urea groups is 1. The molecule has 2 amide bonds. The molecule has 2 aromatic carbocycles. The molecule has 0 aromatic heterocycles. The van der Waals surface area contributed by atoms with Gasteiger partial charge in [0.2, 0.25) is 0 Å². The molecule has 2 rings (SSSR count). The van der Waals surface area contributed by atoms with Gasteiger partial charge in [-0.25, -0.2) is 9.18 Å². The van der Waals surface area contributed by atoms with Crippen molar-refractivity contribution in [1.29, 1.82) is 0 Å². The molecule has 0 aliphatic heterocycles. The van der Waals surface area contributed by atoms with Gasteiger partial charge in [0.05, 0.1) is 7.11 Å². The molecule has 1 unspecified atom stereocenters. The van der Waals surface area contributed by atoms with Gasteiger partial charge in [-0.2, -0.15) is 0 Å². The third-order valence-electron chi connectivity index (χ3n) is 3.69. The number of carbonyl (C=O) groups is 1. The van der Waals surface area contributed by atoms with Crippen LogP contribution in [0.1, 0.15) is 18.1 Å². The normalized spacial score (nSPS) is 11.6. The number of hydrogen-bond acceptors (Lipinski definition) is 2. The molecule has 0 heterocycles. The Kier molecular flexibility index (Phi) is 6.61. The number of halogens is 1. The Hall–Kier alpha value is -2.56. The van der Waals surface area contributed by atoms with Crippen molar-refractivity contribution in [3.63, 3.8) is 0 Å². The third-order valence-corrected chi connectivity index (χ3v) is 3.69. The highest BCUT2D eigenvalue weighted by Crippen LogP contribution is 2.14. The number of carbonyl (C=O) groups excluding carboxylic acids is 1. The van der Waals surface area contributed by atoms with Gasteiger partial charge in [-0.05, 0) is 49.1 Å². The highest BCUT2D eigenvalue weighted by atomic mass is 19.1. The first-order chi connectivity index (χ1) is 11.6. The van der Waals surface area contributed by atoms with Gasteiger partial charge in [0, 0.05) is 12.6 Å². The summed E-state index contributed by atoms with van der Waals surface area (Å²) in [5, 5.41) is 5.64. The molecule has 128 valence electrons. The van der Waals surface area contributed by atoms with Crippen molar-refractivity contribution < 1.29 is 13.9 Å². The third kappa shape index (κ3) is 5.57. The maximum atomic E-state index is 13.5. The van der Waals surface area contributed by atoms with E-state index in [2.05, 4.69) is 10.6 Å². The highest BCUT2D eigenvalue weighted by Gasteiger charge is 2.09. The fourth-order valence-corrected chi connectivity index (χ4v) is 2.49. The van der Waals surface area contributed by atoms with Crippen LogP contribution in [0.4, 0.5) is 9.18 Å².